The van der Waals surface area contributed by atoms with E-state index in [1.54, 1.807) is 0 Å². The first kappa shape index (κ1) is 16.3. The van der Waals surface area contributed by atoms with Crippen molar-refractivity contribution in [3.05, 3.63) is 28.2 Å². The largest absolute Gasteiger partial charge is 0.478 e. The Morgan fingerprint density at radius 2 is 2.00 bits per heavy atom. The van der Waals surface area contributed by atoms with Crippen molar-refractivity contribution in [1.82, 2.24) is 4.90 Å². The number of anilines is 1. The van der Waals surface area contributed by atoms with Crippen LogP contribution in [-0.2, 0) is 0 Å². The van der Waals surface area contributed by atoms with Gasteiger partial charge < -0.3 is 15.3 Å². The number of hydrogen-bond acceptors (Lipinski definition) is 2. The molecule has 20 heavy (non-hydrogen) atoms. The predicted molar refractivity (Wildman–Crippen MR) is 68.8 cm³/mol. The maximum absolute atomic E-state index is 12.1. The molecule has 0 spiro atoms. The molecule has 2 amide bonds. The number of hydrogen-bond donors (Lipinski definition) is 2. The standard InChI is InChI=1S/C11H10BrF3N2O3/c1-17(5-11(13,14)15)10(20)16-8-3-2-6(9(18)19)4-7(8)12/h2-4H,5H2,1H3,(H,16,20)(H,18,19). The second-order valence-electron chi connectivity index (χ2n) is 3.90. The Labute approximate surface area is 120 Å². The molecule has 0 saturated heterocycles. The molecular weight excluding hydrogens is 345 g/mol. The van der Waals surface area contributed by atoms with Gasteiger partial charge in [-0.2, -0.15) is 13.2 Å². The zero-order valence-corrected chi connectivity index (χ0v) is 11.7. The third kappa shape index (κ3) is 4.72. The minimum atomic E-state index is -4.49. The lowest BCUT2D eigenvalue weighted by Crippen LogP contribution is -2.38. The fourth-order valence-electron chi connectivity index (χ4n) is 1.30. The Balaban J connectivity index is 2.78. The Bertz CT molecular complexity index is 534. The topological polar surface area (TPSA) is 69.6 Å². The van der Waals surface area contributed by atoms with Gasteiger partial charge in [0.1, 0.15) is 6.54 Å². The fraction of sp³-hybridized carbons (Fsp3) is 0.273. The molecule has 110 valence electrons. The highest BCUT2D eigenvalue weighted by Gasteiger charge is 2.31. The van der Waals surface area contributed by atoms with Crippen molar-refractivity contribution in [3.8, 4) is 0 Å². The minimum Gasteiger partial charge on any atom is -0.478 e. The molecule has 0 saturated carbocycles. The molecule has 0 aromatic heterocycles. The van der Waals surface area contributed by atoms with Crippen LogP contribution in [0, 0.1) is 0 Å². The molecule has 0 unspecified atom stereocenters. The third-order valence-electron chi connectivity index (χ3n) is 2.22. The third-order valence-corrected chi connectivity index (χ3v) is 2.88. The number of rotatable bonds is 3. The van der Waals surface area contributed by atoms with Crippen LogP contribution in [0.2, 0.25) is 0 Å². The van der Waals surface area contributed by atoms with E-state index in [4.69, 9.17) is 5.11 Å². The van der Waals surface area contributed by atoms with Crippen molar-refractivity contribution in [1.29, 1.82) is 0 Å². The fourth-order valence-corrected chi connectivity index (χ4v) is 1.78. The average molecular weight is 355 g/mol. The highest BCUT2D eigenvalue weighted by molar-refractivity contribution is 9.10. The van der Waals surface area contributed by atoms with E-state index in [1.807, 2.05) is 0 Å². The van der Waals surface area contributed by atoms with Crippen LogP contribution in [0.15, 0.2) is 22.7 Å². The first-order valence-electron chi connectivity index (χ1n) is 5.22. The molecule has 0 bridgehead atoms. The van der Waals surface area contributed by atoms with Crippen molar-refractivity contribution in [3.63, 3.8) is 0 Å². The number of carboxylic acid groups (broad SMARTS) is 1. The Morgan fingerprint density at radius 3 is 2.45 bits per heavy atom. The van der Waals surface area contributed by atoms with Gasteiger partial charge in [-0.25, -0.2) is 9.59 Å². The number of halogens is 4. The zero-order chi connectivity index (χ0) is 15.5. The second kappa shape index (κ2) is 6.12. The van der Waals surface area contributed by atoms with E-state index in [9.17, 15) is 22.8 Å². The summed E-state index contributed by atoms with van der Waals surface area (Å²) in [6.45, 7) is -1.39. The summed E-state index contributed by atoms with van der Waals surface area (Å²) in [5.74, 6) is -1.15. The van der Waals surface area contributed by atoms with Crippen molar-refractivity contribution in [2.45, 2.75) is 6.18 Å². The second-order valence-corrected chi connectivity index (χ2v) is 4.76. The Kier molecular flexibility index (Phi) is 4.98. The van der Waals surface area contributed by atoms with Gasteiger partial charge in [0.05, 0.1) is 11.3 Å². The molecular formula is C11H10BrF3N2O3. The number of carbonyl (C=O) groups is 2. The number of amides is 2. The van der Waals surface area contributed by atoms with Crippen LogP contribution >= 0.6 is 15.9 Å². The van der Waals surface area contributed by atoms with Crippen molar-refractivity contribution in [2.75, 3.05) is 18.9 Å². The van der Waals surface area contributed by atoms with E-state index < -0.39 is 24.7 Å². The molecule has 0 atom stereocenters. The number of urea groups is 1. The summed E-state index contributed by atoms with van der Waals surface area (Å²) in [5.41, 5.74) is 0.160. The van der Waals surface area contributed by atoms with E-state index >= 15 is 0 Å². The Hall–Kier alpha value is -1.77. The number of nitrogens with one attached hydrogen (secondary N) is 1. The highest BCUT2D eigenvalue weighted by Crippen LogP contribution is 2.24. The van der Waals surface area contributed by atoms with Crippen molar-refractivity contribution in [2.24, 2.45) is 0 Å². The van der Waals surface area contributed by atoms with E-state index in [2.05, 4.69) is 21.2 Å². The minimum absolute atomic E-state index is 0.0153. The summed E-state index contributed by atoms with van der Waals surface area (Å²) in [4.78, 5) is 22.7. The quantitative estimate of drug-likeness (QED) is 0.875. The number of nitrogens with zero attached hydrogens (tertiary/aromatic N) is 1. The van der Waals surface area contributed by atoms with Gasteiger partial charge >= 0.3 is 18.2 Å². The van der Waals surface area contributed by atoms with Crippen LogP contribution in [0.25, 0.3) is 0 Å². The monoisotopic (exact) mass is 354 g/mol. The summed E-state index contributed by atoms with van der Waals surface area (Å²) in [6, 6.07) is 2.80. The maximum Gasteiger partial charge on any atom is 0.406 e. The molecule has 1 aromatic carbocycles. The van der Waals surface area contributed by atoms with Gasteiger partial charge in [-0.1, -0.05) is 0 Å². The summed E-state index contributed by atoms with van der Waals surface area (Å²) >= 11 is 3.04. The molecule has 0 aliphatic carbocycles. The van der Waals surface area contributed by atoms with Crippen LogP contribution in [0.3, 0.4) is 0 Å². The van der Waals surface area contributed by atoms with Gasteiger partial charge in [-0.05, 0) is 34.1 Å². The summed E-state index contributed by atoms with van der Waals surface area (Å²) in [7, 11) is 1.00. The first-order valence-corrected chi connectivity index (χ1v) is 6.01. The van der Waals surface area contributed by atoms with E-state index in [1.165, 1.54) is 18.2 Å². The van der Waals surface area contributed by atoms with Crippen LogP contribution in [0.4, 0.5) is 23.7 Å². The number of alkyl halides is 3. The van der Waals surface area contributed by atoms with Crippen LogP contribution in [-0.4, -0.2) is 41.8 Å². The van der Waals surface area contributed by atoms with Gasteiger partial charge in [0.2, 0.25) is 0 Å². The maximum atomic E-state index is 12.1. The van der Waals surface area contributed by atoms with Gasteiger partial charge in [0.25, 0.3) is 0 Å². The van der Waals surface area contributed by atoms with E-state index in [0.717, 1.165) is 7.05 Å². The summed E-state index contributed by atoms with van der Waals surface area (Å²) in [6.07, 6.45) is -4.49. The predicted octanol–water partition coefficient (Wildman–Crippen LogP) is 3.17. The molecule has 0 fully saturated rings. The first-order chi connectivity index (χ1) is 9.10. The number of aromatic carboxylic acids is 1. The summed E-state index contributed by atoms with van der Waals surface area (Å²) < 4.78 is 36.6. The summed E-state index contributed by atoms with van der Waals surface area (Å²) in [5, 5.41) is 11.0. The number of carboxylic acids is 1. The molecule has 5 nitrogen and oxygen atoms in total. The molecule has 0 aliphatic rings. The average Bonchev–Trinajstić information content (AvgIpc) is 2.29. The number of carbonyl (C=O) groups excluding carboxylic acids is 1. The van der Waals surface area contributed by atoms with Crippen LogP contribution in [0.5, 0.6) is 0 Å². The number of benzene rings is 1. The SMILES string of the molecule is CN(CC(F)(F)F)C(=O)Nc1ccc(C(=O)O)cc1Br. The normalized spacial score (nSPS) is 11.1. The lowest BCUT2D eigenvalue weighted by Gasteiger charge is -2.20. The van der Waals surface area contributed by atoms with Crippen LogP contribution in [0.1, 0.15) is 10.4 Å². The molecule has 0 aliphatic heterocycles. The molecule has 9 heteroatoms. The molecule has 0 heterocycles. The van der Waals surface area contributed by atoms with Gasteiger partial charge in [0, 0.05) is 11.5 Å². The van der Waals surface area contributed by atoms with E-state index in [0.29, 0.717) is 4.90 Å². The molecule has 1 aromatic rings. The van der Waals surface area contributed by atoms with E-state index in [-0.39, 0.29) is 15.7 Å². The zero-order valence-electron chi connectivity index (χ0n) is 10.2. The van der Waals surface area contributed by atoms with Gasteiger partial charge in [-0.3, -0.25) is 0 Å². The molecule has 2 N–H and O–H groups in total. The highest BCUT2D eigenvalue weighted by atomic mass is 79.9. The van der Waals surface area contributed by atoms with Crippen molar-refractivity contribution < 1.29 is 27.9 Å². The molecule has 1 rings (SSSR count). The molecule has 0 radical (unpaired) electrons. The van der Waals surface area contributed by atoms with Crippen LogP contribution < -0.4 is 5.32 Å². The Morgan fingerprint density at radius 1 is 1.40 bits per heavy atom. The lowest BCUT2D eigenvalue weighted by atomic mass is 10.2. The smallest absolute Gasteiger partial charge is 0.406 e. The van der Waals surface area contributed by atoms with Gasteiger partial charge in [0.15, 0.2) is 0 Å². The van der Waals surface area contributed by atoms with Crippen molar-refractivity contribution >= 4 is 33.6 Å². The van der Waals surface area contributed by atoms with Gasteiger partial charge in [-0.15, -0.1) is 0 Å². The lowest BCUT2D eigenvalue weighted by molar-refractivity contribution is -0.137.